The van der Waals surface area contributed by atoms with Gasteiger partial charge in [-0.2, -0.15) is 0 Å². The fourth-order valence-electron chi connectivity index (χ4n) is 2.94. The number of hydrogen-bond acceptors (Lipinski definition) is 4. The SMILES string of the molecule is CCOC(=O)C(c1ccc(OC)cc1)N1Cc2ccccc2C1=O. The normalized spacial score (nSPS) is 14.2. The molecule has 5 nitrogen and oxygen atoms in total. The molecule has 0 N–H and O–H groups in total. The van der Waals surface area contributed by atoms with E-state index in [0.29, 0.717) is 23.4 Å². The molecule has 24 heavy (non-hydrogen) atoms. The van der Waals surface area contributed by atoms with E-state index < -0.39 is 12.0 Å². The van der Waals surface area contributed by atoms with Crippen molar-refractivity contribution in [2.45, 2.75) is 19.5 Å². The van der Waals surface area contributed by atoms with Crippen molar-refractivity contribution in [3.8, 4) is 5.75 Å². The molecule has 0 radical (unpaired) electrons. The Labute approximate surface area is 140 Å². The summed E-state index contributed by atoms with van der Waals surface area (Å²) < 4.78 is 10.4. The number of ether oxygens (including phenoxy) is 2. The van der Waals surface area contributed by atoms with Crippen LogP contribution in [0.5, 0.6) is 5.75 Å². The number of fused-ring (bicyclic) bond motifs is 1. The summed E-state index contributed by atoms with van der Waals surface area (Å²) in [7, 11) is 1.58. The molecule has 1 aliphatic heterocycles. The van der Waals surface area contributed by atoms with E-state index in [1.54, 1.807) is 49.3 Å². The van der Waals surface area contributed by atoms with Crippen molar-refractivity contribution in [1.82, 2.24) is 4.90 Å². The first kappa shape index (κ1) is 16.1. The second kappa shape index (κ2) is 6.74. The third-order valence-electron chi connectivity index (χ3n) is 4.10. The minimum Gasteiger partial charge on any atom is -0.497 e. The van der Waals surface area contributed by atoms with Crippen molar-refractivity contribution in [2.75, 3.05) is 13.7 Å². The average molecular weight is 325 g/mol. The van der Waals surface area contributed by atoms with Gasteiger partial charge < -0.3 is 14.4 Å². The van der Waals surface area contributed by atoms with E-state index in [1.807, 2.05) is 18.2 Å². The minimum absolute atomic E-state index is 0.153. The summed E-state index contributed by atoms with van der Waals surface area (Å²) in [5.41, 5.74) is 2.26. The molecule has 1 amide bonds. The fraction of sp³-hybridized carbons (Fsp3) is 0.263. The summed E-state index contributed by atoms with van der Waals surface area (Å²) in [5, 5.41) is 0. The third-order valence-corrected chi connectivity index (χ3v) is 4.10. The van der Waals surface area contributed by atoms with E-state index in [0.717, 1.165) is 5.56 Å². The molecule has 0 aliphatic carbocycles. The van der Waals surface area contributed by atoms with E-state index in [9.17, 15) is 9.59 Å². The third kappa shape index (κ3) is 2.85. The van der Waals surface area contributed by atoms with E-state index in [-0.39, 0.29) is 12.5 Å². The van der Waals surface area contributed by atoms with Gasteiger partial charge in [0.05, 0.1) is 13.7 Å². The van der Waals surface area contributed by atoms with Crippen molar-refractivity contribution in [1.29, 1.82) is 0 Å². The summed E-state index contributed by atoms with van der Waals surface area (Å²) in [4.78, 5) is 26.8. The van der Waals surface area contributed by atoms with Gasteiger partial charge in [0, 0.05) is 12.1 Å². The molecule has 1 heterocycles. The Morgan fingerprint density at radius 1 is 1.17 bits per heavy atom. The number of amides is 1. The van der Waals surface area contributed by atoms with Crippen LogP contribution in [0.1, 0.15) is 34.5 Å². The van der Waals surface area contributed by atoms with Crippen molar-refractivity contribution in [2.24, 2.45) is 0 Å². The number of nitrogens with zero attached hydrogens (tertiary/aromatic N) is 1. The number of hydrogen-bond donors (Lipinski definition) is 0. The van der Waals surface area contributed by atoms with Crippen LogP contribution in [0.25, 0.3) is 0 Å². The largest absolute Gasteiger partial charge is 0.497 e. The molecule has 124 valence electrons. The zero-order chi connectivity index (χ0) is 17.1. The van der Waals surface area contributed by atoms with Gasteiger partial charge in [0.1, 0.15) is 5.75 Å². The number of methoxy groups -OCH3 is 1. The summed E-state index contributed by atoms with van der Waals surface area (Å²) >= 11 is 0. The molecule has 0 aromatic heterocycles. The highest BCUT2D eigenvalue weighted by Crippen LogP contribution is 2.32. The van der Waals surface area contributed by atoms with Gasteiger partial charge in [-0.05, 0) is 36.2 Å². The highest BCUT2D eigenvalue weighted by Gasteiger charge is 2.38. The Hall–Kier alpha value is -2.82. The predicted octanol–water partition coefficient (Wildman–Crippen LogP) is 2.96. The molecule has 3 rings (SSSR count). The lowest BCUT2D eigenvalue weighted by atomic mass is 10.1. The molecule has 1 unspecified atom stereocenters. The second-order valence-corrected chi connectivity index (χ2v) is 5.52. The van der Waals surface area contributed by atoms with Crippen molar-refractivity contribution >= 4 is 11.9 Å². The topological polar surface area (TPSA) is 55.8 Å². The number of carbonyl (C=O) groups excluding carboxylic acids is 2. The maximum Gasteiger partial charge on any atom is 0.333 e. The van der Waals surface area contributed by atoms with Gasteiger partial charge in [0.15, 0.2) is 6.04 Å². The van der Waals surface area contributed by atoms with E-state index in [4.69, 9.17) is 9.47 Å². The molecular formula is C19H19NO4. The number of carbonyl (C=O) groups is 2. The first-order valence-corrected chi connectivity index (χ1v) is 7.85. The van der Waals surface area contributed by atoms with Crippen LogP contribution < -0.4 is 4.74 Å². The molecule has 0 bridgehead atoms. The van der Waals surface area contributed by atoms with Gasteiger partial charge >= 0.3 is 5.97 Å². The van der Waals surface area contributed by atoms with Gasteiger partial charge in [-0.15, -0.1) is 0 Å². The first-order valence-electron chi connectivity index (χ1n) is 7.85. The highest BCUT2D eigenvalue weighted by atomic mass is 16.5. The van der Waals surface area contributed by atoms with Gasteiger partial charge in [-0.25, -0.2) is 4.79 Å². The molecule has 0 spiro atoms. The maximum absolute atomic E-state index is 12.7. The lowest BCUT2D eigenvalue weighted by Crippen LogP contribution is -2.35. The molecule has 1 atom stereocenters. The van der Waals surface area contributed by atoms with Crippen LogP contribution in [-0.2, 0) is 16.1 Å². The van der Waals surface area contributed by atoms with Crippen LogP contribution in [0.3, 0.4) is 0 Å². The van der Waals surface area contributed by atoms with E-state index in [2.05, 4.69) is 0 Å². The van der Waals surface area contributed by atoms with Crippen molar-refractivity contribution in [3.05, 3.63) is 65.2 Å². The summed E-state index contributed by atoms with van der Waals surface area (Å²) in [6, 6.07) is 13.8. The quantitative estimate of drug-likeness (QED) is 0.793. The van der Waals surface area contributed by atoms with Crippen molar-refractivity contribution < 1.29 is 19.1 Å². The molecule has 2 aromatic carbocycles. The summed E-state index contributed by atoms with van der Waals surface area (Å²) in [5.74, 6) is 0.112. The van der Waals surface area contributed by atoms with Crippen LogP contribution >= 0.6 is 0 Å². The van der Waals surface area contributed by atoms with Crippen LogP contribution in [0.4, 0.5) is 0 Å². The lowest BCUT2D eigenvalue weighted by molar-refractivity contribution is -0.149. The maximum atomic E-state index is 12.7. The lowest BCUT2D eigenvalue weighted by Gasteiger charge is -2.26. The fourth-order valence-corrected chi connectivity index (χ4v) is 2.94. The monoisotopic (exact) mass is 325 g/mol. The van der Waals surface area contributed by atoms with Crippen LogP contribution in [0.2, 0.25) is 0 Å². The van der Waals surface area contributed by atoms with Crippen LogP contribution in [0.15, 0.2) is 48.5 Å². The molecule has 0 saturated carbocycles. The Morgan fingerprint density at radius 3 is 2.50 bits per heavy atom. The van der Waals surface area contributed by atoms with E-state index >= 15 is 0 Å². The Kier molecular flexibility index (Phi) is 4.51. The zero-order valence-electron chi connectivity index (χ0n) is 13.7. The smallest absolute Gasteiger partial charge is 0.333 e. The molecule has 0 saturated heterocycles. The second-order valence-electron chi connectivity index (χ2n) is 5.52. The van der Waals surface area contributed by atoms with Crippen molar-refractivity contribution in [3.63, 3.8) is 0 Å². The summed E-state index contributed by atoms with van der Waals surface area (Å²) in [6.45, 7) is 2.41. The highest BCUT2D eigenvalue weighted by molar-refractivity contribution is 6.00. The molecule has 2 aromatic rings. The number of esters is 1. The van der Waals surface area contributed by atoms with Crippen LogP contribution in [0, 0.1) is 0 Å². The van der Waals surface area contributed by atoms with Gasteiger partial charge in [0.2, 0.25) is 0 Å². The molecule has 5 heteroatoms. The predicted molar refractivity (Wildman–Crippen MR) is 88.7 cm³/mol. The van der Waals surface area contributed by atoms with Crippen LogP contribution in [-0.4, -0.2) is 30.5 Å². The Bertz CT molecular complexity index is 754. The van der Waals surface area contributed by atoms with Gasteiger partial charge in [0.25, 0.3) is 5.91 Å². The molecule has 0 fully saturated rings. The Morgan fingerprint density at radius 2 is 1.88 bits per heavy atom. The Balaban J connectivity index is 1.97. The minimum atomic E-state index is -0.768. The van der Waals surface area contributed by atoms with E-state index in [1.165, 1.54) is 0 Å². The number of rotatable bonds is 5. The first-order chi connectivity index (χ1) is 11.7. The average Bonchev–Trinajstić information content (AvgIpc) is 2.93. The molecular weight excluding hydrogens is 306 g/mol. The van der Waals surface area contributed by atoms with Gasteiger partial charge in [-0.1, -0.05) is 30.3 Å². The zero-order valence-corrected chi connectivity index (χ0v) is 13.7. The van der Waals surface area contributed by atoms with Gasteiger partial charge in [-0.3, -0.25) is 4.79 Å². The molecule has 1 aliphatic rings. The standard InChI is InChI=1S/C19H19NO4/c1-3-24-19(22)17(13-8-10-15(23-2)11-9-13)20-12-14-6-4-5-7-16(14)18(20)21/h4-11,17H,3,12H2,1-2H3. The summed E-state index contributed by atoms with van der Waals surface area (Å²) in [6.07, 6.45) is 0. The number of benzene rings is 2.